The van der Waals surface area contributed by atoms with E-state index in [0.717, 1.165) is 28.3 Å². The lowest BCUT2D eigenvalue weighted by molar-refractivity contribution is 0.700. The molecule has 5 nitrogen and oxygen atoms in total. The highest BCUT2D eigenvalue weighted by atomic mass is 127. The largest absolute Gasteiger partial charge is 0.357 e. The SMILES string of the molecule is CCNC(=NCc1cn2cc(Br)ccc2n1)NC(C)C.I. The van der Waals surface area contributed by atoms with Gasteiger partial charge in [0, 0.05) is 29.5 Å². The number of rotatable bonds is 4. The van der Waals surface area contributed by atoms with Crippen molar-refractivity contribution in [2.45, 2.75) is 33.4 Å². The van der Waals surface area contributed by atoms with Crippen molar-refractivity contribution in [1.29, 1.82) is 0 Å². The Balaban J connectivity index is 0.00000220. The van der Waals surface area contributed by atoms with Gasteiger partial charge in [-0.25, -0.2) is 9.98 Å². The predicted octanol–water partition coefficient (Wildman–Crippen LogP) is 3.18. The van der Waals surface area contributed by atoms with E-state index in [9.17, 15) is 0 Å². The number of aromatic nitrogens is 2. The van der Waals surface area contributed by atoms with Gasteiger partial charge in [0.15, 0.2) is 5.96 Å². The van der Waals surface area contributed by atoms with Crippen LogP contribution >= 0.6 is 39.9 Å². The van der Waals surface area contributed by atoms with Crippen molar-refractivity contribution in [1.82, 2.24) is 20.0 Å². The maximum Gasteiger partial charge on any atom is 0.191 e. The Morgan fingerprint density at radius 2 is 2.14 bits per heavy atom. The van der Waals surface area contributed by atoms with Crippen molar-refractivity contribution in [2.24, 2.45) is 4.99 Å². The highest BCUT2D eigenvalue weighted by Gasteiger charge is 2.03. The summed E-state index contributed by atoms with van der Waals surface area (Å²) in [6.07, 6.45) is 4.00. The average molecular weight is 466 g/mol. The molecule has 0 saturated heterocycles. The van der Waals surface area contributed by atoms with Crippen LogP contribution in [0.2, 0.25) is 0 Å². The van der Waals surface area contributed by atoms with E-state index >= 15 is 0 Å². The number of pyridine rings is 1. The van der Waals surface area contributed by atoms with Crippen LogP contribution in [0.1, 0.15) is 26.5 Å². The molecule has 0 radical (unpaired) electrons. The second-order valence-electron chi connectivity index (χ2n) is 4.84. The lowest BCUT2D eigenvalue weighted by Crippen LogP contribution is -2.41. The maximum absolute atomic E-state index is 4.55. The molecular formula is C14H21BrIN5. The Kier molecular flexibility index (Phi) is 7.44. The van der Waals surface area contributed by atoms with Gasteiger partial charge in [0.1, 0.15) is 5.65 Å². The van der Waals surface area contributed by atoms with Gasteiger partial charge in [-0.05, 0) is 48.8 Å². The van der Waals surface area contributed by atoms with Gasteiger partial charge in [0.2, 0.25) is 0 Å². The summed E-state index contributed by atoms with van der Waals surface area (Å²) in [5.74, 6) is 0.820. The topological polar surface area (TPSA) is 53.7 Å². The molecule has 21 heavy (non-hydrogen) atoms. The number of fused-ring (bicyclic) bond motifs is 1. The predicted molar refractivity (Wildman–Crippen MR) is 101 cm³/mol. The molecule has 0 amide bonds. The minimum atomic E-state index is 0. The van der Waals surface area contributed by atoms with E-state index < -0.39 is 0 Å². The fourth-order valence-electron chi connectivity index (χ4n) is 1.85. The van der Waals surface area contributed by atoms with Crippen molar-refractivity contribution in [3.05, 3.63) is 34.7 Å². The van der Waals surface area contributed by atoms with Crippen molar-refractivity contribution in [2.75, 3.05) is 6.54 Å². The average Bonchev–Trinajstić information content (AvgIpc) is 2.77. The Morgan fingerprint density at radius 1 is 1.38 bits per heavy atom. The summed E-state index contributed by atoms with van der Waals surface area (Å²) in [6.45, 7) is 7.64. The zero-order chi connectivity index (χ0) is 14.5. The highest BCUT2D eigenvalue weighted by molar-refractivity contribution is 14.0. The van der Waals surface area contributed by atoms with E-state index in [0.29, 0.717) is 12.6 Å². The number of aliphatic imine (C=N–C) groups is 1. The number of imidazole rings is 1. The molecule has 0 aliphatic heterocycles. The minimum absolute atomic E-state index is 0. The van der Waals surface area contributed by atoms with Crippen LogP contribution in [0.5, 0.6) is 0 Å². The van der Waals surface area contributed by atoms with Crippen molar-refractivity contribution in [3.63, 3.8) is 0 Å². The number of nitrogens with zero attached hydrogens (tertiary/aromatic N) is 3. The van der Waals surface area contributed by atoms with Crippen molar-refractivity contribution < 1.29 is 0 Å². The van der Waals surface area contributed by atoms with Gasteiger partial charge in [-0.1, -0.05) is 0 Å². The number of hydrogen-bond donors (Lipinski definition) is 2. The highest BCUT2D eigenvalue weighted by Crippen LogP contribution is 2.12. The first-order chi connectivity index (χ1) is 9.58. The molecule has 0 bridgehead atoms. The lowest BCUT2D eigenvalue weighted by Gasteiger charge is -2.13. The van der Waals surface area contributed by atoms with E-state index in [2.05, 4.69) is 57.3 Å². The maximum atomic E-state index is 4.55. The molecule has 0 aliphatic rings. The van der Waals surface area contributed by atoms with Crippen LogP contribution < -0.4 is 10.6 Å². The molecule has 2 aromatic rings. The molecule has 2 N–H and O–H groups in total. The summed E-state index contributed by atoms with van der Waals surface area (Å²) in [4.78, 5) is 9.09. The van der Waals surface area contributed by atoms with E-state index in [1.54, 1.807) is 0 Å². The zero-order valence-corrected chi connectivity index (χ0v) is 16.3. The lowest BCUT2D eigenvalue weighted by atomic mass is 10.4. The van der Waals surface area contributed by atoms with Crippen molar-refractivity contribution in [3.8, 4) is 0 Å². The van der Waals surface area contributed by atoms with Crippen LogP contribution in [-0.4, -0.2) is 27.9 Å². The first-order valence-corrected chi connectivity index (χ1v) is 7.55. The monoisotopic (exact) mass is 465 g/mol. The number of halogens is 2. The smallest absolute Gasteiger partial charge is 0.191 e. The summed E-state index contributed by atoms with van der Waals surface area (Å²) >= 11 is 3.46. The molecule has 116 valence electrons. The third-order valence-corrected chi connectivity index (χ3v) is 3.10. The Bertz CT molecular complexity index is 608. The summed E-state index contributed by atoms with van der Waals surface area (Å²) in [6, 6.07) is 4.32. The summed E-state index contributed by atoms with van der Waals surface area (Å²) in [5, 5.41) is 6.51. The molecule has 0 saturated carbocycles. The quantitative estimate of drug-likeness (QED) is 0.414. The van der Waals surface area contributed by atoms with Gasteiger partial charge in [0.25, 0.3) is 0 Å². The molecule has 0 aromatic carbocycles. The standard InChI is InChI=1S/C14H20BrN5.HI/c1-4-16-14(18-10(2)3)17-7-12-9-20-8-11(15)5-6-13(20)19-12;/h5-6,8-10H,4,7H2,1-3H3,(H2,16,17,18);1H. The van der Waals surface area contributed by atoms with Crippen LogP contribution in [0.4, 0.5) is 0 Å². The van der Waals surface area contributed by atoms with E-state index in [-0.39, 0.29) is 24.0 Å². The molecular weight excluding hydrogens is 445 g/mol. The normalized spacial score (nSPS) is 11.6. The second kappa shape index (κ2) is 8.57. The van der Waals surface area contributed by atoms with Crippen LogP contribution in [0.15, 0.2) is 34.0 Å². The first-order valence-electron chi connectivity index (χ1n) is 6.76. The number of nitrogens with one attached hydrogen (secondary N) is 2. The van der Waals surface area contributed by atoms with Crippen LogP contribution in [0.25, 0.3) is 5.65 Å². The van der Waals surface area contributed by atoms with E-state index in [4.69, 9.17) is 0 Å². The fraction of sp³-hybridized carbons (Fsp3) is 0.429. The fourth-order valence-corrected chi connectivity index (χ4v) is 2.20. The number of guanidine groups is 1. The molecule has 0 unspecified atom stereocenters. The van der Waals surface area contributed by atoms with Gasteiger partial charge in [-0.15, -0.1) is 24.0 Å². The third kappa shape index (κ3) is 5.46. The number of hydrogen-bond acceptors (Lipinski definition) is 2. The van der Waals surface area contributed by atoms with Gasteiger partial charge < -0.3 is 15.0 Å². The zero-order valence-electron chi connectivity index (χ0n) is 12.4. The van der Waals surface area contributed by atoms with Gasteiger partial charge in [-0.2, -0.15) is 0 Å². The second-order valence-corrected chi connectivity index (χ2v) is 5.75. The minimum Gasteiger partial charge on any atom is -0.357 e. The molecule has 0 fully saturated rings. The third-order valence-electron chi connectivity index (χ3n) is 2.63. The van der Waals surface area contributed by atoms with E-state index in [1.165, 1.54) is 0 Å². The summed E-state index contributed by atoms with van der Waals surface area (Å²) in [7, 11) is 0. The molecule has 0 atom stereocenters. The van der Waals surface area contributed by atoms with E-state index in [1.807, 2.05) is 28.9 Å². The Morgan fingerprint density at radius 3 is 2.81 bits per heavy atom. The molecule has 0 aliphatic carbocycles. The molecule has 2 heterocycles. The Labute approximate surface area is 150 Å². The Hall–Kier alpha value is -0.830. The van der Waals surface area contributed by atoms with Gasteiger partial charge >= 0.3 is 0 Å². The molecule has 7 heteroatoms. The van der Waals surface area contributed by atoms with Gasteiger partial charge in [-0.3, -0.25) is 0 Å². The van der Waals surface area contributed by atoms with Gasteiger partial charge in [0.05, 0.1) is 12.2 Å². The summed E-state index contributed by atoms with van der Waals surface area (Å²) < 4.78 is 3.03. The van der Waals surface area contributed by atoms with Crippen LogP contribution in [-0.2, 0) is 6.54 Å². The van der Waals surface area contributed by atoms with Crippen LogP contribution in [0.3, 0.4) is 0 Å². The molecule has 2 rings (SSSR count). The van der Waals surface area contributed by atoms with Crippen molar-refractivity contribution >= 4 is 51.5 Å². The van der Waals surface area contributed by atoms with Crippen LogP contribution in [0, 0.1) is 0 Å². The first kappa shape index (κ1) is 18.2. The molecule has 0 spiro atoms. The molecule has 2 aromatic heterocycles. The summed E-state index contributed by atoms with van der Waals surface area (Å²) in [5.41, 5.74) is 1.88.